The molecule has 2 N–H and O–H groups in total. The van der Waals surface area contributed by atoms with Crippen LogP contribution < -0.4 is 10.1 Å². The molecular weight excluding hydrogens is 304 g/mol. The zero-order chi connectivity index (χ0) is 17.1. The van der Waals surface area contributed by atoms with Crippen molar-refractivity contribution in [3.8, 4) is 11.5 Å². The van der Waals surface area contributed by atoms with Gasteiger partial charge in [0.05, 0.1) is 6.04 Å². The van der Waals surface area contributed by atoms with Crippen LogP contribution in [-0.4, -0.2) is 29.4 Å². The summed E-state index contributed by atoms with van der Waals surface area (Å²) >= 11 is 0. The monoisotopic (exact) mass is 326 g/mol. The first-order valence-electron chi connectivity index (χ1n) is 8.13. The van der Waals surface area contributed by atoms with Crippen LogP contribution in [0.3, 0.4) is 0 Å². The molecule has 5 heteroatoms. The number of amides is 2. The van der Waals surface area contributed by atoms with Crippen molar-refractivity contribution in [2.75, 3.05) is 7.05 Å². The highest BCUT2D eigenvalue weighted by Crippen LogP contribution is 2.51. The average molecular weight is 326 g/mol. The standard InChI is InChI=1S/C19H22N2O3/c1-13(21(23)19(22)20-2)17-12-18(17)14-7-6-10-16(11-14)24-15-8-4-3-5-9-15/h3-11,13,17-18,23H,12H2,1-2H3,(H,20,22). The molecule has 2 amide bonds. The number of carbonyl (C=O) groups excluding carboxylic acids is 1. The first-order chi connectivity index (χ1) is 11.6. The van der Waals surface area contributed by atoms with Gasteiger partial charge in [-0.15, -0.1) is 0 Å². The minimum absolute atomic E-state index is 0.228. The van der Waals surface area contributed by atoms with Crippen molar-refractivity contribution in [2.24, 2.45) is 5.92 Å². The van der Waals surface area contributed by atoms with Crippen molar-refractivity contribution in [3.05, 3.63) is 60.2 Å². The Kier molecular flexibility index (Phi) is 4.71. The maximum absolute atomic E-state index is 11.5. The predicted molar refractivity (Wildman–Crippen MR) is 91.3 cm³/mol. The van der Waals surface area contributed by atoms with E-state index in [2.05, 4.69) is 11.4 Å². The highest BCUT2D eigenvalue weighted by atomic mass is 16.5. The molecule has 1 aliphatic rings. The number of hydrogen-bond acceptors (Lipinski definition) is 3. The molecule has 2 aromatic carbocycles. The van der Waals surface area contributed by atoms with E-state index in [1.54, 1.807) is 0 Å². The van der Waals surface area contributed by atoms with Gasteiger partial charge in [-0.05, 0) is 55.0 Å². The van der Waals surface area contributed by atoms with Gasteiger partial charge in [-0.2, -0.15) is 0 Å². The molecule has 126 valence electrons. The molecule has 0 spiro atoms. The number of hydroxylamine groups is 2. The van der Waals surface area contributed by atoms with Crippen molar-refractivity contribution >= 4 is 6.03 Å². The Bertz CT molecular complexity index is 705. The van der Waals surface area contributed by atoms with Crippen molar-refractivity contribution in [3.63, 3.8) is 0 Å². The van der Waals surface area contributed by atoms with Gasteiger partial charge >= 0.3 is 6.03 Å². The lowest BCUT2D eigenvalue weighted by Crippen LogP contribution is -2.42. The molecule has 1 fully saturated rings. The number of carbonyl (C=O) groups is 1. The molecule has 0 aromatic heterocycles. The Morgan fingerprint density at radius 3 is 2.62 bits per heavy atom. The number of benzene rings is 2. The van der Waals surface area contributed by atoms with Crippen LogP contribution in [0.4, 0.5) is 4.79 Å². The highest BCUT2D eigenvalue weighted by Gasteiger charge is 2.45. The van der Waals surface area contributed by atoms with Gasteiger partial charge in [0.2, 0.25) is 0 Å². The van der Waals surface area contributed by atoms with Crippen LogP contribution in [-0.2, 0) is 0 Å². The summed E-state index contributed by atoms with van der Waals surface area (Å²) in [6, 6.07) is 17.0. The Balaban J connectivity index is 1.67. The van der Waals surface area contributed by atoms with Crippen LogP contribution in [0.15, 0.2) is 54.6 Å². The van der Waals surface area contributed by atoms with Gasteiger partial charge in [-0.3, -0.25) is 5.21 Å². The van der Waals surface area contributed by atoms with E-state index < -0.39 is 6.03 Å². The van der Waals surface area contributed by atoms with Gasteiger partial charge in [-0.25, -0.2) is 9.86 Å². The Labute approximate surface area is 141 Å². The first kappa shape index (κ1) is 16.3. The van der Waals surface area contributed by atoms with Crippen molar-refractivity contribution < 1.29 is 14.7 Å². The number of urea groups is 1. The molecule has 2 aromatic rings. The molecule has 1 saturated carbocycles. The molecule has 0 radical (unpaired) electrons. The van der Waals surface area contributed by atoms with Gasteiger partial charge < -0.3 is 10.1 Å². The Morgan fingerprint density at radius 2 is 1.92 bits per heavy atom. The summed E-state index contributed by atoms with van der Waals surface area (Å²) in [7, 11) is 1.51. The topological polar surface area (TPSA) is 61.8 Å². The number of nitrogens with one attached hydrogen (secondary N) is 1. The lowest BCUT2D eigenvalue weighted by Gasteiger charge is -2.22. The van der Waals surface area contributed by atoms with Gasteiger partial charge in [0.15, 0.2) is 0 Å². The summed E-state index contributed by atoms with van der Waals surface area (Å²) in [4.78, 5) is 11.5. The summed E-state index contributed by atoms with van der Waals surface area (Å²) in [5, 5.41) is 13.1. The Morgan fingerprint density at radius 1 is 1.21 bits per heavy atom. The fourth-order valence-electron chi connectivity index (χ4n) is 3.05. The zero-order valence-corrected chi connectivity index (χ0v) is 13.8. The maximum atomic E-state index is 11.5. The molecule has 0 saturated heterocycles. The Hall–Kier alpha value is -2.53. The van der Waals surface area contributed by atoms with E-state index in [4.69, 9.17) is 4.74 Å². The molecule has 3 rings (SSSR count). The third-order valence-corrected chi connectivity index (χ3v) is 4.53. The van der Waals surface area contributed by atoms with Crippen LogP contribution in [0.25, 0.3) is 0 Å². The van der Waals surface area contributed by atoms with Crippen LogP contribution in [0, 0.1) is 5.92 Å². The lowest BCUT2D eigenvalue weighted by atomic mass is 10.1. The fraction of sp³-hybridized carbons (Fsp3) is 0.316. The van der Waals surface area contributed by atoms with E-state index in [-0.39, 0.29) is 12.0 Å². The number of ether oxygens (including phenoxy) is 1. The molecule has 24 heavy (non-hydrogen) atoms. The van der Waals surface area contributed by atoms with Crippen molar-refractivity contribution in [1.82, 2.24) is 10.4 Å². The van der Waals surface area contributed by atoms with Gasteiger partial charge in [0.1, 0.15) is 11.5 Å². The molecule has 0 heterocycles. The van der Waals surface area contributed by atoms with Crippen LogP contribution >= 0.6 is 0 Å². The summed E-state index contributed by atoms with van der Waals surface area (Å²) in [6.45, 7) is 1.87. The van der Waals surface area contributed by atoms with Crippen molar-refractivity contribution in [1.29, 1.82) is 0 Å². The van der Waals surface area contributed by atoms with E-state index in [9.17, 15) is 10.0 Å². The summed E-state index contributed by atoms with van der Waals surface area (Å²) in [5.74, 6) is 2.18. The number of para-hydroxylation sites is 1. The molecule has 1 aliphatic carbocycles. The third-order valence-electron chi connectivity index (χ3n) is 4.53. The number of hydrogen-bond donors (Lipinski definition) is 2. The molecule has 3 atom stereocenters. The second-order valence-corrected chi connectivity index (χ2v) is 6.13. The van der Waals surface area contributed by atoms with Crippen molar-refractivity contribution in [2.45, 2.75) is 25.3 Å². The highest BCUT2D eigenvalue weighted by molar-refractivity contribution is 5.72. The molecule has 0 bridgehead atoms. The second kappa shape index (κ2) is 6.93. The smallest absolute Gasteiger partial charge is 0.341 e. The lowest BCUT2D eigenvalue weighted by molar-refractivity contribution is -0.0787. The van der Waals surface area contributed by atoms with Gasteiger partial charge in [-0.1, -0.05) is 30.3 Å². The van der Waals surface area contributed by atoms with Crippen LogP contribution in [0.2, 0.25) is 0 Å². The van der Waals surface area contributed by atoms with E-state index in [1.807, 2.05) is 55.5 Å². The quantitative estimate of drug-likeness (QED) is 0.645. The van der Waals surface area contributed by atoms with E-state index >= 15 is 0 Å². The fourth-order valence-corrected chi connectivity index (χ4v) is 3.05. The van der Waals surface area contributed by atoms with E-state index in [0.29, 0.717) is 5.92 Å². The van der Waals surface area contributed by atoms with Crippen LogP contribution in [0.5, 0.6) is 11.5 Å². The minimum atomic E-state index is -0.477. The zero-order valence-electron chi connectivity index (χ0n) is 13.8. The number of nitrogens with zero attached hydrogens (tertiary/aromatic N) is 1. The normalized spacial score (nSPS) is 20.1. The van der Waals surface area contributed by atoms with E-state index in [0.717, 1.165) is 23.0 Å². The first-order valence-corrected chi connectivity index (χ1v) is 8.13. The largest absolute Gasteiger partial charge is 0.457 e. The van der Waals surface area contributed by atoms with Crippen LogP contribution in [0.1, 0.15) is 24.8 Å². The molecule has 0 aliphatic heterocycles. The number of rotatable bonds is 5. The minimum Gasteiger partial charge on any atom is -0.457 e. The summed E-state index contributed by atoms with van der Waals surface area (Å²) in [5.41, 5.74) is 1.17. The maximum Gasteiger partial charge on any atom is 0.341 e. The molecule has 3 unspecified atom stereocenters. The molecular formula is C19H22N2O3. The predicted octanol–water partition coefficient (Wildman–Crippen LogP) is 4.00. The summed E-state index contributed by atoms with van der Waals surface area (Å²) < 4.78 is 5.87. The van der Waals surface area contributed by atoms with Gasteiger partial charge in [0, 0.05) is 7.05 Å². The average Bonchev–Trinajstić information content (AvgIpc) is 3.41. The SMILES string of the molecule is CNC(=O)N(O)C(C)C1CC1c1cccc(Oc2ccccc2)c1. The molecule has 5 nitrogen and oxygen atoms in total. The van der Waals surface area contributed by atoms with E-state index in [1.165, 1.54) is 12.6 Å². The third kappa shape index (κ3) is 3.51. The second-order valence-electron chi connectivity index (χ2n) is 6.13. The van der Waals surface area contributed by atoms with Gasteiger partial charge in [0.25, 0.3) is 0 Å². The summed E-state index contributed by atoms with van der Waals surface area (Å²) in [6.07, 6.45) is 0.948.